The van der Waals surface area contributed by atoms with Crippen LogP contribution in [0.3, 0.4) is 0 Å². The Balaban J connectivity index is 2.16. The van der Waals surface area contributed by atoms with Crippen molar-refractivity contribution in [1.82, 2.24) is 4.72 Å². The van der Waals surface area contributed by atoms with E-state index in [9.17, 15) is 8.42 Å². The standard InChI is InChI=1S/C12H13BrN2O2S2/c1-8-9(3-2-4-10(8)14)7-15-19(16,17)12-6-5-11(13)18-12/h2-6,15H,7,14H2,1H3. The summed E-state index contributed by atoms with van der Waals surface area (Å²) in [6.07, 6.45) is 0. The van der Waals surface area contributed by atoms with E-state index in [1.807, 2.05) is 19.1 Å². The van der Waals surface area contributed by atoms with Gasteiger partial charge in [-0.25, -0.2) is 13.1 Å². The molecule has 3 N–H and O–H groups in total. The molecule has 0 aliphatic carbocycles. The van der Waals surface area contributed by atoms with Crippen LogP contribution in [0, 0.1) is 6.92 Å². The molecule has 2 aromatic rings. The summed E-state index contributed by atoms with van der Waals surface area (Å²) in [6, 6.07) is 8.75. The third kappa shape index (κ3) is 3.36. The molecule has 1 aromatic carbocycles. The van der Waals surface area contributed by atoms with Gasteiger partial charge < -0.3 is 5.73 Å². The van der Waals surface area contributed by atoms with Gasteiger partial charge in [-0.2, -0.15) is 0 Å². The van der Waals surface area contributed by atoms with Gasteiger partial charge in [0.1, 0.15) is 4.21 Å². The Bertz CT molecular complexity index is 696. The number of nitrogen functional groups attached to an aromatic ring is 1. The summed E-state index contributed by atoms with van der Waals surface area (Å²) in [5.41, 5.74) is 8.23. The molecule has 0 saturated carbocycles. The Labute approximate surface area is 124 Å². The number of thiophene rings is 1. The fraction of sp³-hybridized carbons (Fsp3) is 0.167. The summed E-state index contributed by atoms with van der Waals surface area (Å²) < 4.78 is 27.8. The number of hydrogen-bond acceptors (Lipinski definition) is 4. The Morgan fingerprint density at radius 2 is 2.05 bits per heavy atom. The Kier molecular flexibility index (Phi) is 4.29. The van der Waals surface area contributed by atoms with Gasteiger partial charge in [-0.05, 0) is 52.2 Å². The molecular formula is C12H13BrN2O2S2. The predicted molar refractivity (Wildman–Crippen MR) is 81.6 cm³/mol. The fourth-order valence-electron chi connectivity index (χ4n) is 1.58. The second kappa shape index (κ2) is 5.62. The first-order valence-electron chi connectivity index (χ1n) is 5.49. The van der Waals surface area contributed by atoms with Crippen molar-refractivity contribution < 1.29 is 8.42 Å². The zero-order valence-electron chi connectivity index (χ0n) is 10.2. The van der Waals surface area contributed by atoms with Gasteiger partial charge in [0.2, 0.25) is 10.0 Å². The van der Waals surface area contributed by atoms with Crippen LogP contribution >= 0.6 is 27.3 Å². The molecule has 0 aliphatic heterocycles. The van der Waals surface area contributed by atoms with E-state index in [-0.39, 0.29) is 6.54 Å². The molecule has 0 unspecified atom stereocenters. The van der Waals surface area contributed by atoms with Crippen LogP contribution in [0.25, 0.3) is 0 Å². The molecule has 19 heavy (non-hydrogen) atoms. The number of halogens is 1. The van der Waals surface area contributed by atoms with E-state index in [1.54, 1.807) is 18.2 Å². The Morgan fingerprint density at radius 1 is 1.32 bits per heavy atom. The summed E-state index contributed by atoms with van der Waals surface area (Å²) in [5, 5.41) is 0. The van der Waals surface area contributed by atoms with Crippen LogP contribution in [-0.4, -0.2) is 8.42 Å². The normalized spacial score (nSPS) is 11.7. The SMILES string of the molecule is Cc1c(N)cccc1CNS(=O)(=O)c1ccc(Br)s1. The highest BCUT2D eigenvalue weighted by atomic mass is 79.9. The van der Waals surface area contributed by atoms with E-state index in [4.69, 9.17) is 5.73 Å². The number of anilines is 1. The predicted octanol–water partition coefficient (Wildman–Crippen LogP) is 2.88. The van der Waals surface area contributed by atoms with Crippen LogP contribution in [0.15, 0.2) is 38.3 Å². The first-order chi connectivity index (χ1) is 8.90. The monoisotopic (exact) mass is 360 g/mol. The highest BCUT2D eigenvalue weighted by molar-refractivity contribution is 9.11. The third-order valence-electron chi connectivity index (χ3n) is 2.75. The van der Waals surface area contributed by atoms with Crippen molar-refractivity contribution in [1.29, 1.82) is 0 Å². The van der Waals surface area contributed by atoms with E-state index in [2.05, 4.69) is 20.7 Å². The van der Waals surface area contributed by atoms with E-state index in [0.717, 1.165) is 14.9 Å². The van der Waals surface area contributed by atoms with Crippen molar-refractivity contribution >= 4 is 43.0 Å². The van der Waals surface area contributed by atoms with Crippen molar-refractivity contribution in [2.24, 2.45) is 0 Å². The molecule has 1 aromatic heterocycles. The van der Waals surface area contributed by atoms with Crippen molar-refractivity contribution in [3.63, 3.8) is 0 Å². The van der Waals surface area contributed by atoms with E-state index in [0.29, 0.717) is 9.90 Å². The Morgan fingerprint density at radius 3 is 2.68 bits per heavy atom. The van der Waals surface area contributed by atoms with Gasteiger partial charge in [0.15, 0.2) is 0 Å². The molecule has 0 atom stereocenters. The minimum atomic E-state index is -3.47. The number of sulfonamides is 1. The number of hydrogen-bond donors (Lipinski definition) is 2. The lowest BCUT2D eigenvalue weighted by molar-refractivity contribution is 0.583. The van der Waals surface area contributed by atoms with Crippen LogP contribution in [0.2, 0.25) is 0 Å². The third-order valence-corrected chi connectivity index (χ3v) is 6.27. The van der Waals surface area contributed by atoms with E-state index in [1.165, 1.54) is 11.3 Å². The summed E-state index contributed by atoms with van der Waals surface area (Å²) in [5.74, 6) is 0. The molecule has 0 fully saturated rings. The first-order valence-corrected chi connectivity index (χ1v) is 8.58. The summed E-state index contributed by atoms with van der Waals surface area (Å²) in [7, 11) is -3.47. The average molecular weight is 361 g/mol. The quantitative estimate of drug-likeness (QED) is 0.823. The molecular weight excluding hydrogens is 348 g/mol. The number of rotatable bonds is 4. The second-order valence-electron chi connectivity index (χ2n) is 4.01. The smallest absolute Gasteiger partial charge is 0.250 e. The van der Waals surface area contributed by atoms with E-state index < -0.39 is 10.0 Å². The zero-order chi connectivity index (χ0) is 14.0. The maximum Gasteiger partial charge on any atom is 0.250 e. The van der Waals surface area contributed by atoms with Gasteiger partial charge >= 0.3 is 0 Å². The summed E-state index contributed by atoms with van der Waals surface area (Å²) >= 11 is 4.43. The lowest BCUT2D eigenvalue weighted by Gasteiger charge is -2.09. The lowest BCUT2D eigenvalue weighted by atomic mass is 10.1. The molecule has 0 saturated heterocycles. The van der Waals surface area contributed by atoms with Gasteiger partial charge in [-0.3, -0.25) is 0 Å². The first kappa shape index (κ1) is 14.5. The van der Waals surface area contributed by atoms with Gasteiger partial charge in [-0.1, -0.05) is 12.1 Å². The fourth-order valence-corrected chi connectivity index (χ4v) is 4.64. The topological polar surface area (TPSA) is 72.2 Å². The molecule has 102 valence electrons. The largest absolute Gasteiger partial charge is 0.399 e. The minimum absolute atomic E-state index is 0.231. The van der Waals surface area contributed by atoms with Gasteiger partial charge in [0, 0.05) is 12.2 Å². The highest BCUT2D eigenvalue weighted by Gasteiger charge is 2.16. The molecule has 1 heterocycles. The van der Waals surface area contributed by atoms with Crippen LogP contribution in [0.1, 0.15) is 11.1 Å². The van der Waals surface area contributed by atoms with Crippen molar-refractivity contribution in [2.75, 3.05) is 5.73 Å². The van der Waals surface area contributed by atoms with Crippen molar-refractivity contribution in [3.8, 4) is 0 Å². The van der Waals surface area contributed by atoms with E-state index >= 15 is 0 Å². The van der Waals surface area contributed by atoms with Crippen LogP contribution in [0.5, 0.6) is 0 Å². The molecule has 0 spiro atoms. The summed E-state index contributed by atoms with van der Waals surface area (Å²) in [4.78, 5) is 0. The van der Waals surface area contributed by atoms with Gasteiger partial charge in [0.25, 0.3) is 0 Å². The Hall–Kier alpha value is -0.890. The van der Waals surface area contributed by atoms with Crippen molar-refractivity contribution in [3.05, 3.63) is 45.2 Å². The molecule has 0 aliphatic rings. The maximum atomic E-state index is 12.1. The number of nitrogens with one attached hydrogen (secondary N) is 1. The molecule has 0 radical (unpaired) electrons. The van der Waals surface area contributed by atoms with Gasteiger partial charge in [-0.15, -0.1) is 11.3 Å². The highest BCUT2D eigenvalue weighted by Crippen LogP contribution is 2.26. The molecule has 0 bridgehead atoms. The molecule has 7 heteroatoms. The summed E-state index contributed by atoms with van der Waals surface area (Å²) in [6.45, 7) is 2.11. The van der Waals surface area contributed by atoms with Crippen LogP contribution in [-0.2, 0) is 16.6 Å². The molecule has 0 amide bonds. The zero-order valence-corrected chi connectivity index (χ0v) is 13.4. The number of nitrogens with two attached hydrogens (primary N) is 1. The van der Waals surface area contributed by atoms with Crippen molar-refractivity contribution in [2.45, 2.75) is 17.7 Å². The van der Waals surface area contributed by atoms with Gasteiger partial charge in [0.05, 0.1) is 3.79 Å². The molecule has 4 nitrogen and oxygen atoms in total. The van der Waals surface area contributed by atoms with Crippen LogP contribution in [0.4, 0.5) is 5.69 Å². The second-order valence-corrected chi connectivity index (χ2v) is 8.47. The number of benzene rings is 1. The molecule has 2 rings (SSSR count). The minimum Gasteiger partial charge on any atom is -0.399 e. The average Bonchev–Trinajstić information content (AvgIpc) is 2.79. The van der Waals surface area contributed by atoms with Crippen LogP contribution < -0.4 is 10.5 Å². The lowest BCUT2D eigenvalue weighted by Crippen LogP contribution is -2.22. The maximum absolute atomic E-state index is 12.1.